The Morgan fingerprint density at radius 2 is 1.92 bits per heavy atom. The number of nitrogens with zero attached hydrogens (tertiary/aromatic N) is 2. The highest BCUT2D eigenvalue weighted by Crippen LogP contribution is 2.22. The van der Waals surface area contributed by atoms with Gasteiger partial charge in [-0.3, -0.25) is 19.5 Å². The summed E-state index contributed by atoms with van der Waals surface area (Å²) >= 11 is 5.89. The van der Waals surface area contributed by atoms with Crippen LogP contribution in [0.1, 0.15) is 18.2 Å². The SMILES string of the molecule is Cc1[nH][nH]c(=O)c1CC(=O)N1CC(=O)N(c2ccc(Cl)cc2)C[C@H]1C. The van der Waals surface area contributed by atoms with Gasteiger partial charge in [0.15, 0.2) is 0 Å². The average Bonchev–Trinajstić information content (AvgIpc) is 2.89. The molecule has 0 radical (unpaired) electrons. The molecule has 1 aliphatic heterocycles. The Hall–Kier alpha value is -2.54. The number of rotatable bonds is 3. The second-order valence-corrected chi connectivity index (χ2v) is 6.65. The smallest absolute Gasteiger partial charge is 0.267 e. The van der Waals surface area contributed by atoms with Gasteiger partial charge in [0.2, 0.25) is 11.8 Å². The van der Waals surface area contributed by atoms with Crippen LogP contribution in [0.5, 0.6) is 0 Å². The fraction of sp³-hybridized carbons (Fsp3) is 0.353. The molecule has 1 aliphatic rings. The number of hydrogen-bond donors (Lipinski definition) is 2. The lowest BCUT2D eigenvalue weighted by Gasteiger charge is -2.39. The minimum Gasteiger partial charge on any atom is -0.329 e. The Morgan fingerprint density at radius 3 is 2.52 bits per heavy atom. The summed E-state index contributed by atoms with van der Waals surface area (Å²) in [6, 6.07) is 6.88. The van der Waals surface area contributed by atoms with E-state index in [4.69, 9.17) is 11.6 Å². The van der Waals surface area contributed by atoms with Gasteiger partial charge in [-0.05, 0) is 38.1 Å². The number of carbonyl (C=O) groups is 2. The molecule has 2 aromatic rings. The van der Waals surface area contributed by atoms with Crippen LogP contribution in [0.2, 0.25) is 5.02 Å². The molecule has 1 atom stereocenters. The summed E-state index contributed by atoms with van der Waals surface area (Å²) in [5.41, 5.74) is 1.50. The Labute approximate surface area is 149 Å². The molecule has 25 heavy (non-hydrogen) atoms. The molecule has 2 N–H and O–H groups in total. The number of anilines is 1. The Morgan fingerprint density at radius 1 is 1.24 bits per heavy atom. The molecule has 2 heterocycles. The summed E-state index contributed by atoms with van der Waals surface area (Å²) in [5.74, 6) is -0.390. The molecular formula is C17H19ClN4O3. The number of aromatic nitrogens is 2. The highest BCUT2D eigenvalue weighted by Gasteiger charge is 2.33. The van der Waals surface area contributed by atoms with Crippen molar-refractivity contribution in [2.45, 2.75) is 26.3 Å². The highest BCUT2D eigenvalue weighted by atomic mass is 35.5. The first kappa shape index (κ1) is 17.3. The Kier molecular flexibility index (Phi) is 4.67. The topological polar surface area (TPSA) is 89.3 Å². The van der Waals surface area contributed by atoms with Gasteiger partial charge in [-0.25, -0.2) is 0 Å². The summed E-state index contributed by atoms with van der Waals surface area (Å²) < 4.78 is 0. The predicted molar refractivity (Wildman–Crippen MR) is 94.8 cm³/mol. The largest absolute Gasteiger partial charge is 0.329 e. The maximum absolute atomic E-state index is 12.6. The standard InChI is InChI=1S/C17H19ClN4O3/c1-10-8-22(13-5-3-12(18)4-6-13)16(24)9-21(10)15(23)7-14-11(2)19-20-17(14)25/h3-6,10H,7-9H2,1-2H3,(H2,19,20,25)/t10-/m1/s1. The summed E-state index contributed by atoms with van der Waals surface area (Å²) in [6.45, 7) is 4.01. The number of aryl methyl sites for hydroxylation is 1. The van der Waals surface area contributed by atoms with Crippen molar-refractivity contribution in [1.82, 2.24) is 15.1 Å². The highest BCUT2D eigenvalue weighted by molar-refractivity contribution is 6.30. The van der Waals surface area contributed by atoms with E-state index in [1.54, 1.807) is 36.1 Å². The first-order valence-corrected chi connectivity index (χ1v) is 8.36. The minimum absolute atomic E-state index is 0.00992. The quantitative estimate of drug-likeness (QED) is 0.866. The second-order valence-electron chi connectivity index (χ2n) is 6.21. The number of nitrogens with one attached hydrogen (secondary N) is 2. The predicted octanol–water partition coefficient (Wildman–Crippen LogP) is 1.47. The zero-order valence-corrected chi connectivity index (χ0v) is 14.8. The molecular weight excluding hydrogens is 344 g/mol. The van der Waals surface area contributed by atoms with Gasteiger partial charge in [-0.15, -0.1) is 0 Å². The van der Waals surface area contributed by atoms with E-state index < -0.39 is 0 Å². The summed E-state index contributed by atoms with van der Waals surface area (Å²) in [6.07, 6.45) is -0.0246. The van der Waals surface area contributed by atoms with Crippen LogP contribution in [0, 0.1) is 6.92 Å². The molecule has 0 aliphatic carbocycles. The molecule has 1 aromatic carbocycles. The third-order valence-corrected chi connectivity index (χ3v) is 4.71. The van der Waals surface area contributed by atoms with E-state index >= 15 is 0 Å². The van der Waals surface area contributed by atoms with Gasteiger partial charge in [0.25, 0.3) is 5.56 Å². The van der Waals surface area contributed by atoms with Crippen molar-refractivity contribution in [3.63, 3.8) is 0 Å². The van der Waals surface area contributed by atoms with Crippen LogP contribution in [-0.2, 0) is 16.0 Å². The summed E-state index contributed by atoms with van der Waals surface area (Å²) in [7, 11) is 0. The lowest BCUT2D eigenvalue weighted by atomic mass is 10.1. The van der Waals surface area contributed by atoms with Crippen LogP contribution < -0.4 is 10.5 Å². The van der Waals surface area contributed by atoms with Crippen LogP contribution in [0.15, 0.2) is 29.1 Å². The van der Waals surface area contributed by atoms with E-state index in [2.05, 4.69) is 10.2 Å². The number of carbonyl (C=O) groups excluding carboxylic acids is 2. The normalized spacial score (nSPS) is 17.9. The number of benzene rings is 1. The van der Waals surface area contributed by atoms with Gasteiger partial charge in [-0.1, -0.05) is 11.6 Å². The van der Waals surface area contributed by atoms with Crippen molar-refractivity contribution in [3.05, 3.63) is 50.9 Å². The van der Waals surface area contributed by atoms with E-state index in [-0.39, 0.29) is 36.4 Å². The summed E-state index contributed by atoms with van der Waals surface area (Å²) in [5, 5.41) is 5.77. The molecule has 0 spiro atoms. The van der Waals surface area contributed by atoms with Gasteiger partial charge in [-0.2, -0.15) is 0 Å². The average molecular weight is 363 g/mol. The minimum atomic E-state index is -0.301. The van der Waals surface area contributed by atoms with Gasteiger partial charge >= 0.3 is 0 Å². The number of amides is 2. The van der Waals surface area contributed by atoms with Crippen molar-refractivity contribution in [1.29, 1.82) is 0 Å². The number of hydrogen-bond acceptors (Lipinski definition) is 3. The Bertz CT molecular complexity index is 856. The molecule has 132 valence electrons. The number of aromatic amines is 2. The molecule has 0 bridgehead atoms. The van der Waals surface area contributed by atoms with Gasteiger partial charge in [0, 0.05) is 34.6 Å². The van der Waals surface area contributed by atoms with Crippen molar-refractivity contribution >= 4 is 29.1 Å². The molecule has 1 saturated heterocycles. The molecule has 0 saturated carbocycles. The van der Waals surface area contributed by atoms with Crippen LogP contribution >= 0.6 is 11.6 Å². The number of piperazine rings is 1. The lowest BCUT2D eigenvalue weighted by Crippen LogP contribution is -2.57. The molecule has 2 amide bonds. The maximum Gasteiger partial charge on any atom is 0.267 e. The van der Waals surface area contributed by atoms with Crippen molar-refractivity contribution in [2.24, 2.45) is 0 Å². The van der Waals surface area contributed by atoms with Crippen LogP contribution in [0.25, 0.3) is 0 Å². The third-order valence-electron chi connectivity index (χ3n) is 4.46. The second kappa shape index (κ2) is 6.76. The molecule has 8 heteroatoms. The maximum atomic E-state index is 12.6. The molecule has 1 aromatic heterocycles. The zero-order chi connectivity index (χ0) is 18.1. The monoisotopic (exact) mass is 362 g/mol. The fourth-order valence-electron chi connectivity index (χ4n) is 2.99. The number of H-pyrrole nitrogens is 2. The molecule has 7 nitrogen and oxygen atoms in total. The van der Waals surface area contributed by atoms with Gasteiger partial charge in [0.05, 0.1) is 6.42 Å². The van der Waals surface area contributed by atoms with Crippen LogP contribution in [0.3, 0.4) is 0 Å². The zero-order valence-electron chi connectivity index (χ0n) is 14.0. The Balaban J connectivity index is 1.73. The van der Waals surface area contributed by atoms with E-state index in [1.807, 2.05) is 6.92 Å². The molecule has 3 rings (SSSR count). The fourth-order valence-corrected chi connectivity index (χ4v) is 3.12. The molecule has 0 unspecified atom stereocenters. The summed E-state index contributed by atoms with van der Waals surface area (Å²) in [4.78, 5) is 40.0. The van der Waals surface area contributed by atoms with Gasteiger partial charge in [0.1, 0.15) is 6.54 Å². The molecule has 1 fully saturated rings. The van der Waals surface area contributed by atoms with Crippen molar-refractivity contribution < 1.29 is 9.59 Å². The van der Waals surface area contributed by atoms with E-state index in [9.17, 15) is 14.4 Å². The van der Waals surface area contributed by atoms with E-state index in [0.717, 1.165) is 5.69 Å². The van der Waals surface area contributed by atoms with E-state index in [0.29, 0.717) is 22.8 Å². The van der Waals surface area contributed by atoms with Crippen LogP contribution in [0.4, 0.5) is 5.69 Å². The lowest BCUT2D eigenvalue weighted by molar-refractivity contribution is -0.138. The van der Waals surface area contributed by atoms with Crippen molar-refractivity contribution in [3.8, 4) is 0 Å². The first-order chi connectivity index (χ1) is 11.9. The van der Waals surface area contributed by atoms with Crippen LogP contribution in [-0.4, -0.2) is 46.0 Å². The third kappa shape index (κ3) is 3.46. The number of halogens is 1. The van der Waals surface area contributed by atoms with Crippen molar-refractivity contribution in [2.75, 3.05) is 18.0 Å². The van der Waals surface area contributed by atoms with E-state index in [1.165, 1.54) is 4.90 Å². The first-order valence-electron chi connectivity index (χ1n) is 7.98. The van der Waals surface area contributed by atoms with Gasteiger partial charge < -0.3 is 14.9 Å².